The van der Waals surface area contributed by atoms with Crippen molar-refractivity contribution in [1.82, 2.24) is 15.2 Å². The van der Waals surface area contributed by atoms with Crippen molar-refractivity contribution in [1.29, 1.82) is 0 Å². The lowest BCUT2D eigenvalue weighted by molar-refractivity contribution is -0.402. The van der Waals surface area contributed by atoms with Crippen molar-refractivity contribution in [3.8, 4) is 0 Å². The van der Waals surface area contributed by atoms with Crippen molar-refractivity contribution in [2.24, 2.45) is 0 Å². The van der Waals surface area contributed by atoms with Crippen LogP contribution >= 0.6 is 0 Å². The van der Waals surface area contributed by atoms with E-state index in [-0.39, 0.29) is 11.8 Å². The molecular weight excluding hydrogens is 400 g/mol. The summed E-state index contributed by atoms with van der Waals surface area (Å²) in [6.07, 6.45) is 3.25. The quantitative estimate of drug-likeness (QED) is 0.460. The van der Waals surface area contributed by atoms with Crippen molar-refractivity contribution in [3.05, 3.63) is 69.6 Å². The molecule has 2 aromatic heterocycles. The zero-order chi connectivity index (χ0) is 21.6. The molecule has 1 fully saturated rings. The van der Waals surface area contributed by atoms with Crippen molar-refractivity contribution >= 4 is 34.8 Å². The van der Waals surface area contributed by atoms with Crippen LogP contribution < -0.4 is 5.32 Å². The van der Waals surface area contributed by atoms with E-state index in [9.17, 15) is 14.9 Å². The molecule has 1 aliphatic heterocycles. The number of nitrogens with one attached hydrogen (secondary N) is 1. The van der Waals surface area contributed by atoms with Gasteiger partial charge in [-0.05, 0) is 30.4 Å². The van der Waals surface area contributed by atoms with Crippen LogP contribution in [0.5, 0.6) is 0 Å². The van der Waals surface area contributed by atoms with Gasteiger partial charge in [0.2, 0.25) is 0 Å². The summed E-state index contributed by atoms with van der Waals surface area (Å²) in [5.74, 6) is -0.167. The van der Waals surface area contributed by atoms with E-state index in [2.05, 4.69) is 15.2 Å². The number of nitro groups is 1. The molecule has 31 heavy (non-hydrogen) atoms. The second kappa shape index (κ2) is 9.50. The van der Waals surface area contributed by atoms with Crippen LogP contribution in [0.1, 0.15) is 21.8 Å². The SMILES string of the molecule is O=C(NCCN1CCOCC1)c1cc(/C=C/c2ccc([N+](=O)[O-])o2)nc2ccccc12. The predicted molar refractivity (Wildman–Crippen MR) is 116 cm³/mol. The summed E-state index contributed by atoms with van der Waals surface area (Å²) in [5.41, 5.74) is 1.77. The largest absolute Gasteiger partial charge is 0.433 e. The number of amides is 1. The molecule has 1 aromatic carbocycles. The highest BCUT2D eigenvalue weighted by molar-refractivity contribution is 6.06. The second-order valence-corrected chi connectivity index (χ2v) is 7.09. The summed E-state index contributed by atoms with van der Waals surface area (Å²) in [6, 6.07) is 11.9. The predicted octanol–water partition coefficient (Wildman–Crippen LogP) is 2.97. The number of fused-ring (bicyclic) bond motifs is 1. The third kappa shape index (κ3) is 5.14. The lowest BCUT2D eigenvalue weighted by Crippen LogP contribution is -2.41. The second-order valence-electron chi connectivity index (χ2n) is 7.09. The molecule has 1 aliphatic rings. The number of carbonyl (C=O) groups excluding carboxylic acids is 1. The van der Waals surface area contributed by atoms with Crippen LogP contribution in [0.15, 0.2) is 46.9 Å². The lowest BCUT2D eigenvalue weighted by Gasteiger charge is -2.26. The summed E-state index contributed by atoms with van der Waals surface area (Å²) >= 11 is 0. The van der Waals surface area contributed by atoms with Crippen LogP contribution in [0, 0.1) is 10.1 Å². The number of rotatable bonds is 7. The van der Waals surface area contributed by atoms with E-state index in [1.54, 1.807) is 18.2 Å². The molecule has 0 unspecified atom stereocenters. The Kier molecular flexibility index (Phi) is 6.34. The number of carbonyl (C=O) groups is 1. The van der Waals surface area contributed by atoms with Gasteiger partial charge in [0.25, 0.3) is 5.91 Å². The van der Waals surface area contributed by atoms with Crippen molar-refractivity contribution in [2.45, 2.75) is 0 Å². The maximum Gasteiger partial charge on any atom is 0.433 e. The molecule has 0 bridgehead atoms. The Morgan fingerprint density at radius 3 is 2.77 bits per heavy atom. The standard InChI is InChI=1S/C22H22N4O5/c27-22(23-9-10-25-11-13-30-14-12-25)19-15-16(24-20-4-2-1-3-18(19)20)5-6-17-7-8-21(31-17)26(28)29/h1-8,15H,9-14H2,(H,23,27)/b6-5+. The van der Waals surface area contributed by atoms with Gasteiger partial charge in [-0.25, -0.2) is 4.98 Å². The number of nitrogens with zero attached hydrogens (tertiary/aromatic N) is 3. The highest BCUT2D eigenvalue weighted by atomic mass is 16.6. The van der Waals surface area contributed by atoms with Gasteiger partial charge in [-0.3, -0.25) is 19.8 Å². The Morgan fingerprint density at radius 1 is 1.19 bits per heavy atom. The molecule has 0 radical (unpaired) electrons. The van der Waals surface area contributed by atoms with Crippen LogP contribution in [0.25, 0.3) is 23.1 Å². The van der Waals surface area contributed by atoms with Gasteiger partial charge in [0.15, 0.2) is 0 Å². The molecule has 9 nitrogen and oxygen atoms in total. The van der Waals surface area contributed by atoms with Crippen LogP contribution in [0.4, 0.5) is 5.88 Å². The van der Waals surface area contributed by atoms with Gasteiger partial charge < -0.3 is 14.5 Å². The fourth-order valence-electron chi connectivity index (χ4n) is 3.41. The summed E-state index contributed by atoms with van der Waals surface area (Å²) in [5, 5.41) is 14.5. The maximum absolute atomic E-state index is 12.9. The molecular formula is C22H22N4O5. The van der Waals surface area contributed by atoms with Crippen LogP contribution in [0.2, 0.25) is 0 Å². The minimum Gasteiger partial charge on any atom is -0.401 e. The normalized spacial score (nSPS) is 14.8. The Balaban J connectivity index is 1.52. The van der Waals surface area contributed by atoms with Gasteiger partial charge in [0.1, 0.15) is 10.7 Å². The van der Waals surface area contributed by atoms with Gasteiger partial charge in [-0.1, -0.05) is 18.2 Å². The van der Waals surface area contributed by atoms with E-state index in [0.29, 0.717) is 29.1 Å². The topological polar surface area (TPSA) is 111 Å². The summed E-state index contributed by atoms with van der Waals surface area (Å²) < 4.78 is 10.5. The number of furan rings is 1. The molecule has 1 saturated heterocycles. The van der Waals surface area contributed by atoms with E-state index in [0.717, 1.165) is 38.2 Å². The Bertz CT molecular complexity index is 1120. The molecule has 160 valence electrons. The van der Waals surface area contributed by atoms with Gasteiger partial charge >= 0.3 is 5.88 Å². The van der Waals surface area contributed by atoms with Gasteiger partial charge in [0.05, 0.1) is 36.1 Å². The summed E-state index contributed by atoms with van der Waals surface area (Å²) in [4.78, 5) is 29.9. The Labute approximate surface area is 178 Å². The first-order chi connectivity index (χ1) is 15.1. The fourth-order valence-corrected chi connectivity index (χ4v) is 3.41. The van der Waals surface area contributed by atoms with Gasteiger partial charge in [0, 0.05) is 31.6 Å². The average molecular weight is 422 g/mol. The molecule has 4 rings (SSSR count). The number of benzene rings is 1. The average Bonchev–Trinajstić information content (AvgIpc) is 3.27. The van der Waals surface area contributed by atoms with Crippen molar-refractivity contribution in [3.63, 3.8) is 0 Å². The number of hydrogen-bond donors (Lipinski definition) is 1. The van der Waals surface area contributed by atoms with E-state index in [4.69, 9.17) is 9.15 Å². The van der Waals surface area contributed by atoms with Gasteiger partial charge in [-0.15, -0.1) is 0 Å². The number of para-hydroxylation sites is 1. The van der Waals surface area contributed by atoms with E-state index in [1.807, 2.05) is 24.3 Å². The Morgan fingerprint density at radius 2 is 2.00 bits per heavy atom. The fraction of sp³-hybridized carbons (Fsp3) is 0.273. The summed E-state index contributed by atoms with van der Waals surface area (Å²) in [6.45, 7) is 4.48. The smallest absolute Gasteiger partial charge is 0.401 e. The number of hydrogen-bond acceptors (Lipinski definition) is 7. The first-order valence-corrected chi connectivity index (χ1v) is 10.0. The van der Waals surface area contributed by atoms with Crippen LogP contribution in [-0.2, 0) is 4.74 Å². The molecule has 1 amide bonds. The molecule has 3 aromatic rings. The number of morpholine rings is 1. The first-order valence-electron chi connectivity index (χ1n) is 10.0. The zero-order valence-corrected chi connectivity index (χ0v) is 16.8. The summed E-state index contributed by atoms with van der Waals surface area (Å²) in [7, 11) is 0. The Hall–Kier alpha value is -3.56. The number of pyridine rings is 1. The molecule has 0 saturated carbocycles. The molecule has 1 N–H and O–H groups in total. The van der Waals surface area contributed by atoms with Gasteiger partial charge in [-0.2, -0.15) is 0 Å². The van der Waals surface area contributed by atoms with Crippen molar-refractivity contribution < 1.29 is 18.9 Å². The minimum absolute atomic E-state index is 0.171. The molecule has 0 aliphatic carbocycles. The van der Waals surface area contributed by atoms with E-state index in [1.165, 1.54) is 12.1 Å². The highest BCUT2D eigenvalue weighted by Gasteiger charge is 2.14. The highest BCUT2D eigenvalue weighted by Crippen LogP contribution is 2.21. The lowest BCUT2D eigenvalue weighted by atomic mass is 10.1. The third-order valence-corrected chi connectivity index (χ3v) is 5.01. The molecule has 9 heteroatoms. The molecule has 0 atom stereocenters. The minimum atomic E-state index is -0.592. The zero-order valence-electron chi connectivity index (χ0n) is 16.8. The van der Waals surface area contributed by atoms with Crippen LogP contribution in [0.3, 0.4) is 0 Å². The first kappa shape index (κ1) is 20.7. The third-order valence-electron chi connectivity index (χ3n) is 5.01. The maximum atomic E-state index is 12.9. The molecule has 3 heterocycles. The molecule has 0 spiro atoms. The van der Waals surface area contributed by atoms with E-state index < -0.39 is 4.92 Å². The number of ether oxygens (including phenoxy) is 1. The van der Waals surface area contributed by atoms with Crippen LogP contribution in [-0.4, -0.2) is 60.1 Å². The van der Waals surface area contributed by atoms with E-state index >= 15 is 0 Å². The number of aromatic nitrogens is 1. The monoisotopic (exact) mass is 422 g/mol. The van der Waals surface area contributed by atoms with Crippen molar-refractivity contribution in [2.75, 3.05) is 39.4 Å².